The minimum absolute atomic E-state index is 0.129. The summed E-state index contributed by atoms with van der Waals surface area (Å²) in [4.78, 5) is 37.4. The number of ether oxygens (including phenoxy) is 2. The van der Waals surface area contributed by atoms with Crippen LogP contribution in [0, 0.1) is 0 Å². The van der Waals surface area contributed by atoms with Gasteiger partial charge in [-0.25, -0.2) is 4.98 Å². The molecule has 4 aromatic rings. The highest BCUT2D eigenvalue weighted by Crippen LogP contribution is 2.38. The number of carbonyl (C=O) groups is 1. The van der Waals surface area contributed by atoms with E-state index in [9.17, 15) is 9.59 Å². The quantitative estimate of drug-likeness (QED) is 0.240. The van der Waals surface area contributed by atoms with E-state index in [0.29, 0.717) is 64.1 Å². The summed E-state index contributed by atoms with van der Waals surface area (Å²) in [5, 5.41) is 7.14. The van der Waals surface area contributed by atoms with Gasteiger partial charge >= 0.3 is 0 Å². The summed E-state index contributed by atoms with van der Waals surface area (Å²) in [5.41, 5.74) is 2.92. The Morgan fingerprint density at radius 1 is 1.00 bits per heavy atom. The molecule has 0 unspecified atom stereocenters. The van der Waals surface area contributed by atoms with Crippen LogP contribution in [0.3, 0.4) is 0 Å². The van der Waals surface area contributed by atoms with Crippen molar-refractivity contribution < 1.29 is 14.3 Å². The number of methoxy groups -OCH3 is 2. The average Bonchev–Trinajstić information content (AvgIpc) is 3.01. The van der Waals surface area contributed by atoms with Gasteiger partial charge in [-0.3, -0.25) is 14.2 Å². The van der Waals surface area contributed by atoms with Crippen molar-refractivity contribution in [2.24, 2.45) is 0 Å². The molecule has 1 amide bonds. The highest BCUT2D eigenvalue weighted by molar-refractivity contribution is 6.35. The fourth-order valence-corrected chi connectivity index (χ4v) is 5.68. The fourth-order valence-electron chi connectivity index (χ4n) is 5.39. The van der Waals surface area contributed by atoms with Crippen LogP contribution >= 0.6 is 11.6 Å². The van der Waals surface area contributed by atoms with E-state index >= 15 is 0 Å². The fraction of sp³-hybridized carbons (Fsp3) is 0.375. The summed E-state index contributed by atoms with van der Waals surface area (Å²) in [6.07, 6.45) is 6.07. The van der Waals surface area contributed by atoms with Gasteiger partial charge in [0.2, 0.25) is 11.9 Å². The molecule has 2 N–H and O–H groups in total. The van der Waals surface area contributed by atoms with Crippen LogP contribution in [-0.4, -0.2) is 65.7 Å². The number of aromatic nitrogens is 3. The molecule has 0 spiro atoms. The Bertz CT molecular complexity index is 1650. The molecule has 1 aliphatic heterocycles. The number of piperidine rings is 1. The molecule has 10 nitrogen and oxygen atoms in total. The van der Waals surface area contributed by atoms with E-state index in [4.69, 9.17) is 26.1 Å². The average molecular weight is 605 g/mol. The van der Waals surface area contributed by atoms with Crippen LogP contribution in [0.25, 0.3) is 22.2 Å². The summed E-state index contributed by atoms with van der Waals surface area (Å²) in [5.74, 6) is 1.28. The number of hydrogen-bond acceptors (Lipinski definition) is 8. The first kappa shape index (κ1) is 30.3. The van der Waals surface area contributed by atoms with Gasteiger partial charge in [-0.1, -0.05) is 30.2 Å². The van der Waals surface area contributed by atoms with Crippen LogP contribution < -0.4 is 25.7 Å². The Morgan fingerprint density at radius 2 is 1.77 bits per heavy atom. The molecule has 0 aliphatic carbocycles. The molecule has 0 saturated carbocycles. The number of nitrogens with one attached hydrogen (secondary N) is 2. The Kier molecular flexibility index (Phi) is 9.79. The van der Waals surface area contributed by atoms with Crippen molar-refractivity contribution in [2.75, 3.05) is 51.0 Å². The highest BCUT2D eigenvalue weighted by Gasteiger charge is 2.19. The van der Waals surface area contributed by atoms with E-state index in [1.165, 1.54) is 33.3 Å². The molecular formula is C32H37ClN6O4. The lowest BCUT2D eigenvalue weighted by Gasteiger charge is -2.26. The van der Waals surface area contributed by atoms with Crippen molar-refractivity contribution in [1.29, 1.82) is 0 Å². The lowest BCUT2D eigenvalue weighted by atomic mass is 10.0. The smallest absolute Gasteiger partial charge is 0.260 e. The van der Waals surface area contributed by atoms with Crippen LogP contribution in [0.2, 0.25) is 5.02 Å². The molecule has 43 heavy (non-hydrogen) atoms. The molecule has 2 aromatic heterocycles. The van der Waals surface area contributed by atoms with Gasteiger partial charge in [-0.05, 0) is 62.2 Å². The zero-order chi connectivity index (χ0) is 30.3. The van der Waals surface area contributed by atoms with E-state index < -0.39 is 0 Å². The number of amides is 1. The number of likely N-dealkylation sites (tertiary alicyclic amines) is 1. The summed E-state index contributed by atoms with van der Waals surface area (Å²) < 4.78 is 12.6. The number of aryl methyl sites for hydroxylation is 2. The van der Waals surface area contributed by atoms with E-state index in [0.717, 1.165) is 30.9 Å². The molecule has 2 aromatic carbocycles. The third-order valence-electron chi connectivity index (χ3n) is 7.64. The second-order valence-electron chi connectivity index (χ2n) is 10.6. The highest BCUT2D eigenvalue weighted by atomic mass is 35.5. The second kappa shape index (κ2) is 13.9. The van der Waals surface area contributed by atoms with Gasteiger partial charge in [-0.2, -0.15) is 4.98 Å². The van der Waals surface area contributed by atoms with Crippen molar-refractivity contribution in [3.8, 4) is 22.6 Å². The minimum atomic E-state index is -0.238. The van der Waals surface area contributed by atoms with Crippen molar-refractivity contribution in [3.05, 3.63) is 69.6 Å². The van der Waals surface area contributed by atoms with E-state index in [1.54, 1.807) is 36.1 Å². The first-order chi connectivity index (χ1) is 20.9. The van der Waals surface area contributed by atoms with Gasteiger partial charge in [0.05, 0.1) is 19.2 Å². The zero-order valence-electron chi connectivity index (χ0n) is 24.8. The number of benzene rings is 2. The Hall–Kier alpha value is -4.15. The van der Waals surface area contributed by atoms with Gasteiger partial charge in [0, 0.05) is 61.0 Å². The predicted octanol–water partition coefficient (Wildman–Crippen LogP) is 5.23. The van der Waals surface area contributed by atoms with Crippen LogP contribution in [0.5, 0.6) is 11.5 Å². The number of hydrogen-bond donors (Lipinski definition) is 2. The normalized spacial score (nSPS) is 13.6. The monoisotopic (exact) mass is 604 g/mol. The topological polar surface area (TPSA) is 111 Å². The Labute approximate surface area is 256 Å². The molecular weight excluding hydrogens is 568 g/mol. The molecule has 0 bridgehead atoms. The summed E-state index contributed by atoms with van der Waals surface area (Å²) >= 11 is 6.71. The molecule has 5 rings (SSSR count). The molecule has 1 aliphatic rings. The van der Waals surface area contributed by atoms with E-state index in [2.05, 4.69) is 20.5 Å². The predicted molar refractivity (Wildman–Crippen MR) is 171 cm³/mol. The number of halogens is 1. The van der Waals surface area contributed by atoms with Gasteiger partial charge in [0.25, 0.3) is 5.56 Å². The van der Waals surface area contributed by atoms with Crippen molar-refractivity contribution in [2.45, 2.75) is 39.2 Å². The summed E-state index contributed by atoms with van der Waals surface area (Å²) in [6.45, 7) is 5.70. The van der Waals surface area contributed by atoms with Crippen LogP contribution in [0.15, 0.2) is 53.5 Å². The van der Waals surface area contributed by atoms with Crippen LogP contribution in [0.1, 0.15) is 31.7 Å². The summed E-state index contributed by atoms with van der Waals surface area (Å²) in [6, 6.07) is 12.8. The van der Waals surface area contributed by atoms with Crippen LogP contribution in [-0.2, 0) is 17.8 Å². The van der Waals surface area contributed by atoms with Gasteiger partial charge < -0.3 is 25.0 Å². The maximum absolute atomic E-state index is 14.2. The minimum Gasteiger partial charge on any atom is -0.497 e. The van der Waals surface area contributed by atoms with Crippen LogP contribution in [0.4, 0.5) is 11.6 Å². The maximum atomic E-state index is 14.2. The third kappa shape index (κ3) is 7.26. The Morgan fingerprint density at radius 3 is 2.47 bits per heavy atom. The van der Waals surface area contributed by atoms with Crippen molar-refractivity contribution in [3.63, 3.8) is 0 Å². The number of nitrogens with zero attached hydrogens (tertiary/aromatic N) is 4. The SMILES string of the molecule is COc1cc(OC)c(Cl)c(-c2cc3cnc(NCCN4CCCCC4)nc3n(CCc3ccc(NC(C)=O)cc3)c2=O)c1. The number of pyridine rings is 1. The van der Waals surface area contributed by atoms with Crippen molar-refractivity contribution in [1.82, 2.24) is 19.4 Å². The zero-order valence-corrected chi connectivity index (χ0v) is 25.5. The molecule has 0 radical (unpaired) electrons. The lowest BCUT2D eigenvalue weighted by Crippen LogP contribution is -2.34. The molecule has 0 atom stereocenters. The standard InChI is InChI=1S/C32H37ClN6O4/c1-21(40)36-24-9-7-22(8-10-24)11-15-39-30-23(20-35-32(37-30)34-12-16-38-13-5-4-6-14-38)17-27(31(39)41)26-18-25(42-2)19-28(43-3)29(26)33/h7-10,17-20H,4-6,11-16H2,1-3H3,(H,36,40)(H,34,35,37). The lowest BCUT2D eigenvalue weighted by molar-refractivity contribution is -0.114. The molecule has 1 fully saturated rings. The van der Waals surface area contributed by atoms with Gasteiger partial charge in [0.1, 0.15) is 17.1 Å². The number of carbonyl (C=O) groups excluding carboxylic acids is 1. The molecule has 3 heterocycles. The number of rotatable bonds is 11. The molecule has 11 heteroatoms. The second-order valence-corrected chi connectivity index (χ2v) is 11.0. The van der Waals surface area contributed by atoms with Crippen molar-refractivity contribution >= 4 is 40.2 Å². The third-order valence-corrected chi connectivity index (χ3v) is 8.03. The van der Waals surface area contributed by atoms with Gasteiger partial charge in [-0.15, -0.1) is 0 Å². The number of anilines is 2. The first-order valence-electron chi connectivity index (χ1n) is 14.5. The Balaban J connectivity index is 1.51. The summed E-state index contributed by atoms with van der Waals surface area (Å²) in [7, 11) is 3.07. The first-order valence-corrected chi connectivity index (χ1v) is 14.9. The largest absolute Gasteiger partial charge is 0.497 e. The van der Waals surface area contributed by atoms with Gasteiger partial charge in [0.15, 0.2) is 0 Å². The molecule has 1 saturated heterocycles. The van der Waals surface area contributed by atoms with E-state index in [-0.39, 0.29) is 11.5 Å². The maximum Gasteiger partial charge on any atom is 0.260 e. The number of fused-ring (bicyclic) bond motifs is 1. The van der Waals surface area contributed by atoms with E-state index in [1.807, 2.05) is 24.3 Å². The molecule has 226 valence electrons.